The van der Waals surface area contributed by atoms with E-state index in [1.165, 1.54) is 12.1 Å². The number of carbonyl (C=O) groups excluding carboxylic acids is 1. The van der Waals surface area contributed by atoms with Gasteiger partial charge in [0.1, 0.15) is 5.82 Å². The Labute approximate surface area is 125 Å². The molecule has 1 aliphatic rings. The van der Waals surface area contributed by atoms with Crippen LogP contribution in [0.3, 0.4) is 0 Å². The molecule has 0 atom stereocenters. The van der Waals surface area contributed by atoms with E-state index in [4.69, 9.17) is 4.74 Å². The topological polar surface area (TPSA) is 41.6 Å². The number of amides is 1. The first-order chi connectivity index (χ1) is 9.90. The second-order valence-electron chi connectivity index (χ2n) is 6.05. The lowest BCUT2D eigenvalue weighted by molar-refractivity contribution is -0.00923. The van der Waals surface area contributed by atoms with Gasteiger partial charge in [-0.1, -0.05) is 6.07 Å². The van der Waals surface area contributed by atoms with Gasteiger partial charge < -0.3 is 10.1 Å². The molecule has 21 heavy (non-hydrogen) atoms. The van der Waals surface area contributed by atoms with E-state index in [1.807, 2.05) is 6.92 Å². The molecule has 1 fully saturated rings. The van der Waals surface area contributed by atoms with Crippen LogP contribution in [0.2, 0.25) is 0 Å². The number of hydrogen-bond acceptors (Lipinski definition) is 3. The molecule has 5 heteroatoms. The maximum absolute atomic E-state index is 13.3. The molecule has 1 amide bonds. The first-order valence-corrected chi connectivity index (χ1v) is 7.27. The lowest BCUT2D eigenvalue weighted by Crippen LogP contribution is -2.55. The van der Waals surface area contributed by atoms with Gasteiger partial charge in [0.2, 0.25) is 0 Å². The van der Waals surface area contributed by atoms with E-state index in [1.54, 1.807) is 6.07 Å². The number of nitrogens with zero attached hydrogens (tertiary/aromatic N) is 1. The second-order valence-corrected chi connectivity index (χ2v) is 6.05. The van der Waals surface area contributed by atoms with Gasteiger partial charge in [-0.25, -0.2) is 4.39 Å². The normalized spacial score (nSPS) is 16.8. The monoisotopic (exact) mass is 294 g/mol. The quantitative estimate of drug-likeness (QED) is 0.923. The van der Waals surface area contributed by atoms with E-state index in [2.05, 4.69) is 24.1 Å². The lowest BCUT2D eigenvalue weighted by atomic mass is 10.0. The summed E-state index contributed by atoms with van der Waals surface area (Å²) in [5.41, 5.74) is 1.02. The third kappa shape index (κ3) is 4.02. The molecule has 0 aliphatic carbocycles. The number of halogens is 1. The molecule has 1 aliphatic heterocycles. The number of aryl methyl sites for hydroxylation is 1. The number of morpholine rings is 1. The minimum Gasteiger partial charge on any atom is -0.379 e. The smallest absolute Gasteiger partial charge is 0.251 e. The van der Waals surface area contributed by atoms with Crippen LogP contribution in [0.15, 0.2) is 18.2 Å². The van der Waals surface area contributed by atoms with Gasteiger partial charge in [-0.15, -0.1) is 0 Å². The molecule has 0 unspecified atom stereocenters. The summed E-state index contributed by atoms with van der Waals surface area (Å²) in [7, 11) is 0. The van der Waals surface area contributed by atoms with Crippen LogP contribution in [0, 0.1) is 12.7 Å². The molecule has 1 saturated heterocycles. The van der Waals surface area contributed by atoms with Crippen LogP contribution in [0.4, 0.5) is 4.39 Å². The first-order valence-electron chi connectivity index (χ1n) is 7.27. The van der Waals surface area contributed by atoms with Crippen LogP contribution in [0.1, 0.15) is 29.8 Å². The largest absolute Gasteiger partial charge is 0.379 e. The summed E-state index contributed by atoms with van der Waals surface area (Å²) in [5.74, 6) is -0.619. The number of rotatable bonds is 4. The highest BCUT2D eigenvalue weighted by Gasteiger charge is 2.28. The van der Waals surface area contributed by atoms with Gasteiger partial charge in [-0.05, 0) is 38.5 Å². The van der Waals surface area contributed by atoms with Crippen molar-refractivity contribution in [3.8, 4) is 0 Å². The number of hydrogen-bond donors (Lipinski definition) is 1. The van der Waals surface area contributed by atoms with Crippen LogP contribution in [0.5, 0.6) is 0 Å². The predicted octanol–water partition coefficient (Wildman–Crippen LogP) is 1.97. The third-order valence-corrected chi connectivity index (χ3v) is 3.99. The van der Waals surface area contributed by atoms with Crippen molar-refractivity contribution >= 4 is 5.91 Å². The van der Waals surface area contributed by atoms with Crippen molar-refractivity contribution in [1.82, 2.24) is 10.2 Å². The molecule has 4 nitrogen and oxygen atoms in total. The van der Waals surface area contributed by atoms with Crippen molar-refractivity contribution in [2.24, 2.45) is 0 Å². The van der Waals surface area contributed by atoms with E-state index < -0.39 is 5.82 Å². The molecule has 116 valence electrons. The Kier molecular flexibility index (Phi) is 4.96. The molecule has 0 bridgehead atoms. The highest BCUT2D eigenvalue weighted by atomic mass is 19.1. The van der Waals surface area contributed by atoms with Crippen LogP contribution in [-0.2, 0) is 4.74 Å². The van der Waals surface area contributed by atoms with E-state index in [0.717, 1.165) is 31.9 Å². The van der Waals surface area contributed by atoms with Gasteiger partial charge in [0.05, 0.1) is 13.2 Å². The Hall–Kier alpha value is -1.46. The fourth-order valence-corrected chi connectivity index (χ4v) is 2.51. The summed E-state index contributed by atoms with van der Waals surface area (Å²) in [5, 5.41) is 2.92. The molecule has 1 aromatic rings. The Morgan fingerprint density at radius 3 is 2.71 bits per heavy atom. The van der Waals surface area contributed by atoms with Crippen molar-refractivity contribution in [2.45, 2.75) is 26.3 Å². The summed E-state index contributed by atoms with van der Waals surface area (Å²) in [6.45, 7) is 9.68. The number of benzene rings is 1. The zero-order valence-corrected chi connectivity index (χ0v) is 12.9. The number of ether oxygens (including phenoxy) is 1. The Morgan fingerprint density at radius 1 is 1.38 bits per heavy atom. The van der Waals surface area contributed by atoms with E-state index in [0.29, 0.717) is 12.1 Å². The van der Waals surface area contributed by atoms with Gasteiger partial charge in [0.25, 0.3) is 5.91 Å². The lowest BCUT2D eigenvalue weighted by Gasteiger charge is -2.40. The van der Waals surface area contributed by atoms with Crippen LogP contribution >= 0.6 is 0 Å². The molecule has 1 N–H and O–H groups in total. The summed E-state index contributed by atoms with van der Waals surface area (Å²) in [6.07, 6.45) is 0. The minimum absolute atomic E-state index is 0.152. The fourth-order valence-electron chi connectivity index (χ4n) is 2.51. The van der Waals surface area contributed by atoms with Crippen molar-refractivity contribution in [3.05, 3.63) is 35.1 Å². The zero-order chi connectivity index (χ0) is 15.5. The van der Waals surface area contributed by atoms with Gasteiger partial charge in [-0.3, -0.25) is 9.69 Å². The van der Waals surface area contributed by atoms with Gasteiger partial charge in [0, 0.05) is 30.7 Å². The Morgan fingerprint density at radius 2 is 2.05 bits per heavy atom. The van der Waals surface area contributed by atoms with Crippen molar-refractivity contribution < 1.29 is 13.9 Å². The van der Waals surface area contributed by atoms with Crippen molar-refractivity contribution in [1.29, 1.82) is 0 Å². The Bertz CT molecular complexity index is 511. The maximum atomic E-state index is 13.3. The molecule has 1 heterocycles. The SMILES string of the molecule is Cc1ccc(F)cc1C(=O)NCC(C)(C)N1CCOCC1. The molecule has 1 aromatic carbocycles. The average molecular weight is 294 g/mol. The van der Waals surface area contributed by atoms with Gasteiger partial charge >= 0.3 is 0 Å². The highest BCUT2D eigenvalue weighted by Crippen LogP contribution is 2.16. The third-order valence-electron chi connectivity index (χ3n) is 3.99. The first kappa shape index (κ1) is 15.9. The average Bonchev–Trinajstić information content (AvgIpc) is 2.48. The summed E-state index contributed by atoms with van der Waals surface area (Å²) in [6, 6.07) is 4.27. The maximum Gasteiger partial charge on any atom is 0.251 e. The highest BCUT2D eigenvalue weighted by molar-refractivity contribution is 5.95. The summed E-state index contributed by atoms with van der Waals surface area (Å²) < 4.78 is 18.6. The molecule has 0 saturated carbocycles. The van der Waals surface area contributed by atoms with E-state index in [9.17, 15) is 9.18 Å². The van der Waals surface area contributed by atoms with Crippen molar-refractivity contribution in [2.75, 3.05) is 32.8 Å². The zero-order valence-electron chi connectivity index (χ0n) is 12.9. The number of carbonyl (C=O) groups is 1. The van der Waals surface area contributed by atoms with Crippen LogP contribution in [-0.4, -0.2) is 49.2 Å². The van der Waals surface area contributed by atoms with Crippen LogP contribution < -0.4 is 5.32 Å². The van der Waals surface area contributed by atoms with E-state index in [-0.39, 0.29) is 11.4 Å². The molecular formula is C16H23FN2O2. The fraction of sp³-hybridized carbons (Fsp3) is 0.562. The Balaban J connectivity index is 1.98. The molecule has 0 aromatic heterocycles. The standard InChI is InChI=1S/C16H23FN2O2/c1-12-4-5-13(17)10-14(12)15(20)18-11-16(2,3)19-6-8-21-9-7-19/h4-5,10H,6-9,11H2,1-3H3,(H,18,20). The van der Waals surface area contributed by atoms with Crippen LogP contribution in [0.25, 0.3) is 0 Å². The second kappa shape index (κ2) is 6.54. The summed E-state index contributed by atoms with van der Waals surface area (Å²) in [4.78, 5) is 14.5. The van der Waals surface area contributed by atoms with E-state index >= 15 is 0 Å². The summed E-state index contributed by atoms with van der Waals surface area (Å²) >= 11 is 0. The molecular weight excluding hydrogens is 271 g/mol. The van der Waals surface area contributed by atoms with Gasteiger partial charge in [-0.2, -0.15) is 0 Å². The predicted molar refractivity (Wildman–Crippen MR) is 79.9 cm³/mol. The molecule has 0 radical (unpaired) electrons. The van der Waals surface area contributed by atoms with Gasteiger partial charge in [0.15, 0.2) is 0 Å². The van der Waals surface area contributed by atoms with Crippen molar-refractivity contribution in [3.63, 3.8) is 0 Å². The minimum atomic E-state index is -0.391. The number of nitrogens with one attached hydrogen (secondary N) is 1. The molecule has 0 spiro atoms. The molecule has 2 rings (SSSR count).